The third-order valence-electron chi connectivity index (χ3n) is 3.60. The van der Waals surface area contributed by atoms with Crippen LogP contribution in [0.15, 0.2) is 36.4 Å². The van der Waals surface area contributed by atoms with Crippen molar-refractivity contribution < 1.29 is 39.5 Å². The van der Waals surface area contributed by atoms with E-state index in [9.17, 15) is 30.0 Å². The van der Waals surface area contributed by atoms with E-state index in [1.54, 1.807) is 19.1 Å². The number of ether oxygens (including phenoxy) is 2. The first-order valence-electron chi connectivity index (χ1n) is 8.13. The number of nitrogens with zero attached hydrogens (tertiary/aromatic N) is 1. The Labute approximate surface area is 172 Å². The van der Waals surface area contributed by atoms with Gasteiger partial charge in [-0.05, 0) is 42.8 Å². The molecule has 2 rings (SSSR count). The van der Waals surface area contributed by atoms with E-state index in [1.807, 2.05) is 4.72 Å². The molecule has 30 heavy (non-hydrogen) atoms. The highest BCUT2D eigenvalue weighted by Gasteiger charge is 2.33. The minimum atomic E-state index is -5.09. The number of methoxy groups -OCH3 is 1. The van der Waals surface area contributed by atoms with Crippen molar-refractivity contribution in [2.45, 2.75) is 13.3 Å². The molecule has 2 aromatic carbocycles. The van der Waals surface area contributed by atoms with Gasteiger partial charge in [0.1, 0.15) is 5.75 Å². The predicted octanol–water partition coefficient (Wildman–Crippen LogP) is 3.37. The van der Waals surface area contributed by atoms with E-state index in [0.29, 0.717) is 0 Å². The van der Waals surface area contributed by atoms with Crippen LogP contribution in [0.3, 0.4) is 0 Å². The average Bonchev–Trinajstić information content (AvgIpc) is 2.55. The second-order valence-corrected chi connectivity index (χ2v) is 9.88. The number of benzene rings is 2. The maximum absolute atomic E-state index is 12.7. The molecule has 0 bridgehead atoms. The minimum absolute atomic E-state index is 0.0837. The Balaban J connectivity index is 2.73. The van der Waals surface area contributed by atoms with Gasteiger partial charge in [0.2, 0.25) is 20.0 Å². The highest BCUT2D eigenvalue weighted by atomic mass is 32.2. The number of alkyl halides is 3. The average molecular weight is 468 g/mol. The fourth-order valence-electron chi connectivity index (χ4n) is 2.60. The number of nitrogens with one attached hydrogen (secondary N) is 1. The predicted molar refractivity (Wildman–Crippen MR) is 106 cm³/mol. The van der Waals surface area contributed by atoms with Gasteiger partial charge in [-0.3, -0.25) is 4.72 Å². The molecule has 0 spiro atoms. The number of rotatable bonds is 7. The number of hydrogen-bond acceptors (Lipinski definition) is 6. The molecule has 0 aliphatic carbocycles. The lowest BCUT2D eigenvalue weighted by atomic mass is 10.2. The van der Waals surface area contributed by atoms with Gasteiger partial charge >= 0.3 is 6.36 Å². The lowest BCUT2D eigenvalue weighted by Gasteiger charge is -2.25. The van der Waals surface area contributed by atoms with Gasteiger partial charge in [-0.15, -0.1) is 13.2 Å². The first-order chi connectivity index (χ1) is 13.6. The van der Waals surface area contributed by atoms with Crippen molar-refractivity contribution >= 4 is 37.1 Å². The molecule has 0 aliphatic rings. The number of halogens is 3. The molecule has 13 heteroatoms. The van der Waals surface area contributed by atoms with Crippen LogP contribution in [0.4, 0.5) is 30.2 Å². The fraction of sp³-hybridized carbons (Fsp3) is 0.294. The van der Waals surface area contributed by atoms with Crippen LogP contribution >= 0.6 is 0 Å². The summed E-state index contributed by atoms with van der Waals surface area (Å²) < 4.78 is 98.1. The summed E-state index contributed by atoms with van der Waals surface area (Å²) in [5.74, 6) is -0.658. The summed E-state index contributed by atoms with van der Waals surface area (Å²) in [5.41, 5.74) is 0.130. The van der Waals surface area contributed by atoms with Gasteiger partial charge in [-0.2, -0.15) is 0 Å². The Morgan fingerprint density at radius 2 is 1.60 bits per heavy atom. The highest BCUT2D eigenvalue weighted by molar-refractivity contribution is 7.92. The molecule has 0 aromatic heterocycles. The van der Waals surface area contributed by atoms with E-state index in [1.165, 1.54) is 13.2 Å². The molecule has 0 saturated carbocycles. The van der Waals surface area contributed by atoms with Gasteiger partial charge < -0.3 is 9.47 Å². The van der Waals surface area contributed by atoms with Crippen LogP contribution < -0.4 is 18.5 Å². The van der Waals surface area contributed by atoms with E-state index in [0.717, 1.165) is 40.6 Å². The van der Waals surface area contributed by atoms with Crippen molar-refractivity contribution in [1.82, 2.24) is 0 Å². The van der Waals surface area contributed by atoms with Crippen LogP contribution in [-0.2, 0) is 20.0 Å². The summed E-state index contributed by atoms with van der Waals surface area (Å²) >= 11 is 0. The molecule has 0 saturated heterocycles. The van der Waals surface area contributed by atoms with Gasteiger partial charge in [-0.1, -0.05) is 6.07 Å². The van der Waals surface area contributed by atoms with E-state index < -0.39 is 37.8 Å². The molecule has 0 amide bonds. The second-order valence-electron chi connectivity index (χ2n) is 6.31. The van der Waals surface area contributed by atoms with Crippen molar-refractivity contribution in [2.24, 2.45) is 0 Å². The maximum Gasteiger partial charge on any atom is 0.573 e. The zero-order valence-electron chi connectivity index (χ0n) is 16.3. The molecule has 0 unspecified atom stereocenters. The summed E-state index contributed by atoms with van der Waals surface area (Å²) in [6.07, 6.45) is -3.48. The van der Waals surface area contributed by atoms with E-state index >= 15 is 0 Å². The topological polar surface area (TPSA) is 102 Å². The van der Waals surface area contributed by atoms with Crippen molar-refractivity contribution in [3.63, 3.8) is 0 Å². The molecular formula is C17H19F3N2O6S2. The zero-order valence-corrected chi connectivity index (χ0v) is 17.9. The van der Waals surface area contributed by atoms with Gasteiger partial charge in [0, 0.05) is 0 Å². The summed E-state index contributed by atoms with van der Waals surface area (Å²) in [6, 6.07) is 7.43. The Bertz CT molecular complexity index is 1150. The quantitative estimate of drug-likeness (QED) is 0.669. The van der Waals surface area contributed by atoms with E-state index in [-0.39, 0.29) is 17.1 Å². The monoisotopic (exact) mass is 468 g/mol. The van der Waals surface area contributed by atoms with Crippen LogP contribution in [0.2, 0.25) is 0 Å². The molecule has 0 heterocycles. The Hall–Kier alpha value is -2.67. The molecule has 0 radical (unpaired) electrons. The van der Waals surface area contributed by atoms with Crippen LogP contribution in [0.5, 0.6) is 11.5 Å². The van der Waals surface area contributed by atoms with E-state index in [2.05, 4.69) is 4.74 Å². The molecule has 0 aliphatic heterocycles. The number of anilines is 3. The molecule has 1 N–H and O–H groups in total. The van der Waals surface area contributed by atoms with Crippen molar-refractivity contribution in [2.75, 3.05) is 28.6 Å². The van der Waals surface area contributed by atoms with Gasteiger partial charge in [-0.25, -0.2) is 21.1 Å². The first-order valence-corrected chi connectivity index (χ1v) is 11.9. The number of sulfonamides is 2. The third kappa shape index (κ3) is 6.16. The summed E-state index contributed by atoms with van der Waals surface area (Å²) in [5, 5.41) is 0. The smallest absolute Gasteiger partial charge is 0.495 e. The van der Waals surface area contributed by atoms with Gasteiger partial charge in [0.15, 0.2) is 5.75 Å². The Morgan fingerprint density at radius 1 is 0.967 bits per heavy atom. The van der Waals surface area contributed by atoms with Crippen molar-refractivity contribution in [3.05, 3.63) is 42.0 Å². The molecule has 0 atom stereocenters. The maximum atomic E-state index is 12.7. The molecule has 2 aromatic rings. The molecular weight excluding hydrogens is 449 g/mol. The van der Waals surface area contributed by atoms with Crippen molar-refractivity contribution in [1.29, 1.82) is 0 Å². The molecule has 8 nitrogen and oxygen atoms in total. The molecule has 0 fully saturated rings. The van der Waals surface area contributed by atoms with Crippen LogP contribution in [-0.4, -0.2) is 42.8 Å². The normalized spacial score (nSPS) is 12.4. The standard InChI is InChI=1S/C17H19F3N2O6S2/c1-11-5-7-14(16(9-11)27-2)22(30(4,25)26)12-6-8-15(28-17(18,19)20)13(10-12)21-29(3,23)24/h5-10,21H,1-4H3. The van der Waals surface area contributed by atoms with Crippen LogP contribution in [0.25, 0.3) is 0 Å². The first kappa shape index (κ1) is 23.6. The SMILES string of the molecule is COc1cc(C)ccc1N(c1ccc(OC(F)(F)F)c(NS(C)(=O)=O)c1)S(C)(=O)=O. The summed E-state index contributed by atoms with van der Waals surface area (Å²) in [6.45, 7) is 1.76. The largest absolute Gasteiger partial charge is 0.573 e. The minimum Gasteiger partial charge on any atom is -0.495 e. The van der Waals surface area contributed by atoms with Gasteiger partial charge in [0.25, 0.3) is 0 Å². The summed E-state index contributed by atoms with van der Waals surface area (Å²) in [7, 11) is -6.69. The van der Waals surface area contributed by atoms with Crippen molar-refractivity contribution in [3.8, 4) is 11.5 Å². The van der Waals surface area contributed by atoms with Crippen LogP contribution in [0, 0.1) is 6.92 Å². The van der Waals surface area contributed by atoms with Crippen LogP contribution in [0.1, 0.15) is 5.56 Å². The highest BCUT2D eigenvalue weighted by Crippen LogP contribution is 2.40. The molecule has 166 valence electrons. The lowest BCUT2D eigenvalue weighted by Crippen LogP contribution is -2.26. The number of aryl methyl sites for hydroxylation is 1. The second kappa shape index (κ2) is 8.22. The number of hydrogen-bond donors (Lipinski definition) is 1. The zero-order chi connectivity index (χ0) is 22.9. The third-order valence-corrected chi connectivity index (χ3v) is 5.27. The Morgan fingerprint density at radius 3 is 2.10 bits per heavy atom. The van der Waals surface area contributed by atoms with E-state index in [4.69, 9.17) is 4.74 Å². The lowest BCUT2D eigenvalue weighted by molar-refractivity contribution is -0.274. The fourth-order valence-corrected chi connectivity index (χ4v) is 4.16. The van der Waals surface area contributed by atoms with Gasteiger partial charge in [0.05, 0.1) is 36.7 Å². The Kier molecular flexibility index (Phi) is 6.47. The summed E-state index contributed by atoms with van der Waals surface area (Å²) in [4.78, 5) is 0.